The van der Waals surface area contributed by atoms with E-state index in [1.54, 1.807) is 0 Å². The summed E-state index contributed by atoms with van der Waals surface area (Å²) in [5.74, 6) is -1.82. The quantitative estimate of drug-likeness (QED) is 0.709. The van der Waals surface area contributed by atoms with Gasteiger partial charge in [-0.05, 0) is 31.6 Å². The van der Waals surface area contributed by atoms with Gasteiger partial charge in [-0.25, -0.2) is 0 Å². The standard InChI is InChI=1S/C12H20O4/c1-2-3-4-9-5-7-12(8-6-9,10(13)14)11(15)16/h9H,2-8H2,1H3,(H,13,14)(H,15,16). The second-order valence-electron chi connectivity index (χ2n) is 4.78. The smallest absolute Gasteiger partial charge is 0.321 e. The molecule has 92 valence electrons. The minimum atomic E-state index is -1.51. The first-order valence-electron chi connectivity index (χ1n) is 5.99. The van der Waals surface area contributed by atoms with Crippen LogP contribution in [0.4, 0.5) is 0 Å². The van der Waals surface area contributed by atoms with Gasteiger partial charge in [-0.1, -0.05) is 26.2 Å². The van der Waals surface area contributed by atoms with Crippen molar-refractivity contribution in [1.82, 2.24) is 0 Å². The molecule has 1 fully saturated rings. The van der Waals surface area contributed by atoms with Crippen LogP contribution in [-0.4, -0.2) is 22.2 Å². The van der Waals surface area contributed by atoms with E-state index in [0.29, 0.717) is 5.92 Å². The first-order valence-corrected chi connectivity index (χ1v) is 5.99. The van der Waals surface area contributed by atoms with E-state index in [2.05, 4.69) is 6.92 Å². The summed E-state index contributed by atoms with van der Waals surface area (Å²) in [7, 11) is 0. The van der Waals surface area contributed by atoms with Crippen molar-refractivity contribution in [2.24, 2.45) is 11.3 Å². The van der Waals surface area contributed by atoms with Gasteiger partial charge in [-0.3, -0.25) is 9.59 Å². The molecule has 0 unspecified atom stereocenters. The van der Waals surface area contributed by atoms with Crippen LogP contribution in [0.15, 0.2) is 0 Å². The van der Waals surface area contributed by atoms with E-state index >= 15 is 0 Å². The molecule has 0 saturated heterocycles. The molecule has 1 saturated carbocycles. The lowest BCUT2D eigenvalue weighted by atomic mass is 9.69. The second kappa shape index (κ2) is 5.32. The van der Waals surface area contributed by atoms with Gasteiger partial charge in [0.15, 0.2) is 5.41 Å². The van der Waals surface area contributed by atoms with E-state index in [9.17, 15) is 9.59 Å². The third kappa shape index (κ3) is 2.54. The lowest BCUT2D eigenvalue weighted by Crippen LogP contribution is -2.42. The highest BCUT2D eigenvalue weighted by molar-refractivity contribution is 5.98. The molecule has 0 amide bonds. The first-order chi connectivity index (χ1) is 7.53. The van der Waals surface area contributed by atoms with Gasteiger partial charge in [0.25, 0.3) is 0 Å². The Balaban J connectivity index is 2.57. The number of hydrogen-bond acceptors (Lipinski definition) is 2. The zero-order valence-electron chi connectivity index (χ0n) is 9.74. The molecule has 0 aromatic carbocycles. The topological polar surface area (TPSA) is 74.6 Å². The van der Waals surface area contributed by atoms with Crippen LogP contribution >= 0.6 is 0 Å². The van der Waals surface area contributed by atoms with Crippen LogP contribution in [0.5, 0.6) is 0 Å². The van der Waals surface area contributed by atoms with Crippen LogP contribution in [0.1, 0.15) is 51.9 Å². The van der Waals surface area contributed by atoms with E-state index in [1.165, 1.54) is 0 Å². The Morgan fingerprint density at radius 1 is 1.19 bits per heavy atom. The Morgan fingerprint density at radius 2 is 1.69 bits per heavy atom. The molecule has 0 spiro atoms. The Morgan fingerprint density at radius 3 is 2.06 bits per heavy atom. The van der Waals surface area contributed by atoms with Crippen LogP contribution in [-0.2, 0) is 9.59 Å². The maximum atomic E-state index is 11.1. The third-order valence-corrected chi connectivity index (χ3v) is 3.74. The number of carboxylic acid groups (broad SMARTS) is 2. The molecule has 4 nitrogen and oxygen atoms in total. The van der Waals surface area contributed by atoms with Gasteiger partial charge in [-0.15, -0.1) is 0 Å². The van der Waals surface area contributed by atoms with Crippen LogP contribution in [0.25, 0.3) is 0 Å². The molecule has 16 heavy (non-hydrogen) atoms. The molecule has 0 aromatic heterocycles. The van der Waals surface area contributed by atoms with Crippen LogP contribution in [0.2, 0.25) is 0 Å². The van der Waals surface area contributed by atoms with Gasteiger partial charge in [-0.2, -0.15) is 0 Å². The largest absolute Gasteiger partial charge is 0.480 e. The Bertz CT molecular complexity index is 248. The van der Waals surface area contributed by atoms with Gasteiger partial charge in [0.05, 0.1) is 0 Å². The van der Waals surface area contributed by atoms with Crippen LogP contribution < -0.4 is 0 Å². The average Bonchev–Trinajstić information content (AvgIpc) is 2.26. The summed E-state index contributed by atoms with van der Waals surface area (Å²) in [5.41, 5.74) is -1.51. The highest BCUT2D eigenvalue weighted by Gasteiger charge is 2.48. The van der Waals surface area contributed by atoms with Crippen LogP contribution in [0.3, 0.4) is 0 Å². The summed E-state index contributed by atoms with van der Waals surface area (Å²) in [5, 5.41) is 18.1. The predicted molar refractivity (Wildman–Crippen MR) is 59.2 cm³/mol. The maximum absolute atomic E-state index is 11.1. The van der Waals surface area contributed by atoms with Crippen molar-refractivity contribution in [2.45, 2.75) is 51.9 Å². The summed E-state index contributed by atoms with van der Waals surface area (Å²) in [6.45, 7) is 2.13. The molecule has 0 radical (unpaired) electrons. The van der Waals surface area contributed by atoms with Crippen LogP contribution in [0, 0.1) is 11.3 Å². The van der Waals surface area contributed by atoms with Crippen molar-refractivity contribution in [3.63, 3.8) is 0 Å². The van der Waals surface area contributed by atoms with Gasteiger partial charge in [0.2, 0.25) is 0 Å². The van der Waals surface area contributed by atoms with Gasteiger partial charge in [0.1, 0.15) is 0 Å². The molecule has 0 aromatic rings. The number of rotatable bonds is 5. The number of unbranched alkanes of at least 4 members (excludes halogenated alkanes) is 1. The minimum absolute atomic E-state index is 0.284. The van der Waals surface area contributed by atoms with E-state index in [0.717, 1.165) is 32.1 Å². The van der Waals surface area contributed by atoms with Crippen molar-refractivity contribution < 1.29 is 19.8 Å². The zero-order chi connectivity index (χ0) is 12.2. The van der Waals surface area contributed by atoms with Crippen molar-refractivity contribution in [3.8, 4) is 0 Å². The average molecular weight is 228 g/mol. The monoisotopic (exact) mass is 228 g/mol. The zero-order valence-corrected chi connectivity index (χ0v) is 9.74. The molecular weight excluding hydrogens is 208 g/mol. The highest BCUT2D eigenvalue weighted by atomic mass is 16.4. The SMILES string of the molecule is CCCCC1CCC(C(=O)O)(C(=O)O)CC1. The summed E-state index contributed by atoms with van der Waals surface area (Å²) in [6.07, 6.45) is 5.43. The highest BCUT2D eigenvalue weighted by Crippen LogP contribution is 2.41. The van der Waals surface area contributed by atoms with E-state index in [-0.39, 0.29) is 12.8 Å². The molecule has 0 aliphatic heterocycles. The molecule has 1 rings (SSSR count). The normalized spacial score (nSPS) is 20.6. The molecular formula is C12H20O4. The Kier molecular flexibility index (Phi) is 4.33. The number of carbonyl (C=O) groups is 2. The summed E-state index contributed by atoms with van der Waals surface area (Å²) >= 11 is 0. The third-order valence-electron chi connectivity index (χ3n) is 3.74. The molecule has 0 atom stereocenters. The molecule has 2 N–H and O–H groups in total. The number of carboxylic acids is 2. The summed E-state index contributed by atoms with van der Waals surface area (Å²) in [6, 6.07) is 0. The molecule has 1 aliphatic carbocycles. The lowest BCUT2D eigenvalue weighted by molar-refractivity contribution is -0.168. The number of hydrogen-bond donors (Lipinski definition) is 2. The maximum Gasteiger partial charge on any atom is 0.321 e. The van der Waals surface area contributed by atoms with Gasteiger partial charge in [0, 0.05) is 0 Å². The van der Waals surface area contributed by atoms with Crippen molar-refractivity contribution >= 4 is 11.9 Å². The van der Waals surface area contributed by atoms with E-state index < -0.39 is 17.4 Å². The van der Waals surface area contributed by atoms with Gasteiger partial charge < -0.3 is 10.2 Å². The van der Waals surface area contributed by atoms with Crippen molar-refractivity contribution in [2.75, 3.05) is 0 Å². The molecule has 4 heteroatoms. The minimum Gasteiger partial charge on any atom is -0.480 e. The molecule has 0 heterocycles. The van der Waals surface area contributed by atoms with E-state index in [4.69, 9.17) is 10.2 Å². The van der Waals surface area contributed by atoms with Crippen molar-refractivity contribution in [1.29, 1.82) is 0 Å². The van der Waals surface area contributed by atoms with Gasteiger partial charge >= 0.3 is 11.9 Å². The fraction of sp³-hybridized carbons (Fsp3) is 0.833. The fourth-order valence-electron chi connectivity index (χ4n) is 2.47. The first kappa shape index (κ1) is 13.0. The summed E-state index contributed by atoms with van der Waals surface area (Å²) < 4.78 is 0. The fourth-order valence-corrected chi connectivity index (χ4v) is 2.47. The van der Waals surface area contributed by atoms with Crippen molar-refractivity contribution in [3.05, 3.63) is 0 Å². The molecule has 1 aliphatic rings. The number of aliphatic carboxylic acids is 2. The lowest BCUT2D eigenvalue weighted by Gasteiger charge is -2.33. The molecule has 0 bridgehead atoms. The Hall–Kier alpha value is -1.06. The van der Waals surface area contributed by atoms with E-state index in [1.807, 2.05) is 0 Å². The second-order valence-corrected chi connectivity index (χ2v) is 4.78. The Labute approximate surface area is 95.7 Å². The predicted octanol–water partition coefficient (Wildman–Crippen LogP) is 2.52. The summed E-state index contributed by atoms with van der Waals surface area (Å²) in [4.78, 5) is 22.1.